The van der Waals surface area contributed by atoms with Crippen molar-refractivity contribution in [3.05, 3.63) is 119 Å². The maximum Gasteiger partial charge on any atom is 0.305 e. The number of rotatable bonds is 7. The predicted molar refractivity (Wildman–Crippen MR) is 130 cm³/mol. The Morgan fingerprint density at radius 2 is 1.56 bits per heavy atom. The SMILES string of the molecule is Cc1ccc(C(=O)NNC(=O)c2ccc(COc3ccccc3)o2)cc1NC(=O)c1ccccc1F. The second kappa shape index (κ2) is 11.0. The Labute approximate surface area is 206 Å². The average molecular weight is 487 g/mol. The van der Waals surface area contributed by atoms with Crippen LogP contribution in [0.25, 0.3) is 0 Å². The van der Waals surface area contributed by atoms with Gasteiger partial charge in [-0.3, -0.25) is 25.2 Å². The number of halogens is 1. The van der Waals surface area contributed by atoms with E-state index < -0.39 is 23.5 Å². The Bertz CT molecular complexity index is 1400. The molecule has 4 rings (SSSR count). The van der Waals surface area contributed by atoms with Crippen LogP contribution in [0.2, 0.25) is 0 Å². The molecule has 0 aliphatic carbocycles. The fourth-order valence-corrected chi connectivity index (χ4v) is 3.23. The summed E-state index contributed by atoms with van der Waals surface area (Å²) >= 11 is 0. The minimum Gasteiger partial charge on any atom is -0.486 e. The van der Waals surface area contributed by atoms with E-state index in [2.05, 4.69) is 16.2 Å². The number of hydrogen-bond donors (Lipinski definition) is 3. The summed E-state index contributed by atoms with van der Waals surface area (Å²) in [6.07, 6.45) is 0. The van der Waals surface area contributed by atoms with Gasteiger partial charge >= 0.3 is 5.91 Å². The van der Waals surface area contributed by atoms with Gasteiger partial charge in [-0.25, -0.2) is 4.39 Å². The molecule has 3 amide bonds. The number of nitrogens with one attached hydrogen (secondary N) is 3. The molecule has 36 heavy (non-hydrogen) atoms. The van der Waals surface area contributed by atoms with E-state index in [1.807, 2.05) is 18.2 Å². The number of aryl methyl sites for hydroxylation is 1. The molecule has 9 heteroatoms. The molecule has 8 nitrogen and oxygen atoms in total. The van der Waals surface area contributed by atoms with Crippen molar-refractivity contribution in [1.29, 1.82) is 0 Å². The number of para-hydroxylation sites is 1. The third-order valence-corrected chi connectivity index (χ3v) is 5.17. The molecule has 0 aliphatic heterocycles. The lowest BCUT2D eigenvalue weighted by Gasteiger charge is -2.12. The quantitative estimate of drug-likeness (QED) is 0.329. The lowest BCUT2D eigenvalue weighted by atomic mass is 10.1. The molecule has 3 aromatic carbocycles. The molecule has 0 atom stereocenters. The first-order chi connectivity index (χ1) is 17.4. The second-order valence-corrected chi connectivity index (χ2v) is 7.74. The summed E-state index contributed by atoms with van der Waals surface area (Å²) < 4.78 is 25.0. The number of hydrazine groups is 1. The number of benzene rings is 3. The van der Waals surface area contributed by atoms with Gasteiger partial charge in [-0.15, -0.1) is 0 Å². The zero-order chi connectivity index (χ0) is 25.5. The first-order valence-corrected chi connectivity index (χ1v) is 10.9. The molecule has 0 bridgehead atoms. The minimum absolute atomic E-state index is 0.0105. The lowest BCUT2D eigenvalue weighted by Crippen LogP contribution is -2.41. The highest BCUT2D eigenvalue weighted by atomic mass is 19.1. The van der Waals surface area contributed by atoms with E-state index in [1.54, 1.807) is 37.3 Å². The van der Waals surface area contributed by atoms with Crippen LogP contribution in [0.4, 0.5) is 10.1 Å². The zero-order valence-electron chi connectivity index (χ0n) is 19.2. The molecule has 182 valence electrons. The second-order valence-electron chi connectivity index (χ2n) is 7.74. The van der Waals surface area contributed by atoms with Gasteiger partial charge in [-0.1, -0.05) is 36.4 Å². The van der Waals surface area contributed by atoms with E-state index >= 15 is 0 Å². The summed E-state index contributed by atoms with van der Waals surface area (Å²) in [6.45, 7) is 1.87. The highest BCUT2D eigenvalue weighted by Gasteiger charge is 2.16. The third kappa shape index (κ3) is 5.95. The summed E-state index contributed by atoms with van der Waals surface area (Å²) in [5.74, 6) is -1.50. The number of anilines is 1. The molecule has 3 N–H and O–H groups in total. The molecule has 0 fully saturated rings. The molecular weight excluding hydrogens is 465 g/mol. The maximum absolute atomic E-state index is 13.9. The van der Waals surface area contributed by atoms with Crippen LogP contribution in [0, 0.1) is 12.7 Å². The van der Waals surface area contributed by atoms with E-state index in [4.69, 9.17) is 9.15 Å². The number of ether oxygens (including phenoxy) is 1. The van der Waals surface area contributed by atoms with Crippen molar-refractivity contribution in [3.8, 4) is 5.75 Å². The molecule has 0 saturated carbocycles. The predicted octanol–water partition coefficient (Wildman–Crippen LogP) is 4.63. The largest absolute Gasteiger partial charge is 0.486 e. The van der Waals surface area contributed by atoms with Gasteiger partial charge in [0.05, 0.1) is 5.56 Å². The molecular formula is C27H22FN3O5. The molecule has 0 saturated heterocycles. The van der Waals surface area contributed by atoms with Gasteiger partial charge in [-0.2, -0.15) is 0 Å². The number of carbonyl (C=O) groups excluding carboxylic acids is 3. The van der Waals surface area contributed by atoms with E-state index in [-0.39, 0.29) is 23.5 Å². The van der Waals surface area contributed by atoms with E-state index in [9.17, 15) is 18.8 Å². The number of carbonyl (C=O) groups is 3. The van der Waals surface area contributed by atoms with Crippen LogP contribution in [-0.4, -0.2) is 17.7 Å². The smallest absolute Gasteiger partial charge is 0.305 e. The highest BCUT2D eigenvalue weighted by Crippen LogP contribution is 2.19. The molecule has 1 aromatic heterocycles. The van der Waals surface area contributed by atoms with Gasteiger partial charge in [0.25, 0.3) is 11.8 Å². The van der Waals surface area contributed by atoms with Crippen LogP contribution in [0.5, 0.6) is 5.75 Å². The summed E-state index contributed by atoms with van der Waals surface area (Å²) in [6, 6.07) is 22.4. The van der Waals surface area contributed by atoms with Gasteiger partial charge in [0.1, 0.15) is 23.9 Å². The summed E-state index contributed by atoms with van der Waals surface area (Å²) in [5, 5.41) is 2.61. The Balaban J connectivity index is 1.34. The van der Waals surface area contributed by atoms with Gasteiger partial charge in [0.2, 0.25) is 0 Å². The first kappa shape index (κ1) is 24.2. The standard InChI is InChI=1S/C27H22FN3O5/c1-17-11-12-18(15-23(17)29-26(33)21-9-5-6-10-22(21)28)25(32)30-31-27(34)24-14-13-20(36-24)16-35-19-7-3-2-4-8-19/h2-15H,16H2,1H3,(H,29,33)(H,30,32)(H,31,34). The van der Waals surface area contributed by atoms with Gasteiger partial charge < -0.3 is 14.5 Å². The highest BCUT2D eigenvalue weighted by molar-refractivity contribution is 6.06. The lowest BCUT2D eigenvalue weighted by molar-refractivity contribution is 0.0828. The van der Waals surface area contributed by atoms with Crippen LogP contribution >= 0.6 is 0 Å². The Hall–Kier alpha value is -4.92. The molecule has 0 aliphatic rings. The van der Waals surface area contributed by atoms with Crippen molar-refractivity contribution in [3.63, 3.8) is 0 Å². The zero-order valence-corrected chi connectivity index (χ0v) is 19.2. The normalized spacial score (nSPS) is 10.4. The van der Waals surface area contributed by atoms with E-state index in [0.29, 0.717) is 22.8 Å². The molecule has 0 spiro atoms. The van der Waals surface area contributed by atoms with Crippen molar-refractivity contribution in [2.75, 3.05) is 5.32 Å². The molecule has 0 radical (unpaired) electrons. The van der Waals surface area contributed by atoms with E-state index in [1.165, 1.54) is 36.4 Å². The van der Waals surface area contributed by atoms with Crippen molar-refractivity contribution in [2.24, 2.45) is 0 Å². The van der Waals surface area contributed by atoms with E-state index in [0.717, 1.165) is 0 Å². The number of hydrogen-bond acceptors (Lipinski definition) is 5. The first-order valence-electron chi connectivity index (χ1n) is 10.9. The molecule has 1 heterocycles. The van der Waals surface area contributed by atoms with Gasteiger partial charge in [-0.05, 0) is 61.0 Å². The Kier molecular flexibility index (Phi) is 7.40. The van der Waals surface area contributed by atoms with Crippen LogP contribution in [-0.2, 0) is 6.61 Å². The van der Waals surface area contributed by atoms with Crippen molar-refractivity contribution >= 4 is 23.4 Å². The summed E-state index contributed by atoms with van der Waals surface area (Å²) in [5.41, 5.74) is 5.63. The monoisotopic (exact) mass is 487 g/mol. The Morgan fingerprint density at radius 3 is 2.33 bits per heavy atom. The van der Waals surface area contributed by atoms with Gasteiger partial charge in [0.15, 0.2) is 5.76 Å². The van der Waals surface area contributed by atoms with Crippen molar-refractivity contribution in [1.82, 2.24) is 10.9 Å². The third-order valence-electron chi connectivity index (χ3n) is 5.17. The van der Waals surface area contributed by atoms with Crippen LogP contribution in [0.15, 0.2) is 89.3 Å². The summed E-state index contributed by atoms with van der Waals surface area (Å²) in [7, 11) is 0. The summed E-state index contributed by atoms with van der Waals surface area (Å²) in [4.78, 5) is 37.4. The maximum atomic E-state index is 13.9. The van der Waals surface area contributed by atoms with Crippen LogP contribution in [0.1, 0.15) is 42.6 Å². The number of furan rings is 1. The van der Waals surface area contributed by atoms with Crippen LogP contribution < -0.4 is 20.9 Å². The van der Waals surface area contributed by atoms with Crippen molar-refractivity contribution in [2.45, 2.75) is 13.5 Å². The number of amides is 3. The fourth-order valence-electron chi connectivity index (χ4n) is 3.23. The molecule has 0 unspecified atom stereocenters. The topological polar surface area (TPSA) is 110 Å². The van der Waals surface area contributed by atoms with Gasteiger partial charge in [0, 0.05) is 11.3 Å². The van der Waals surface area contributed by atoms with Crippen LogP contribution in [0.3, 0.4) is 0 Å². The average Bonchev–Trinajstić information content (AvgIpc) is 3.37. The minimum atomic E-state index is -0.658. The van der Waals surface area contributed by atoms with Crippen molar-refractivity contribution < 1.29 is 27.9 Å². The molecule has 4 aromatic rings. The fraction of sp³-hybridized carbons (Fsp3) is 0.0741. The Morgan fingerprint density at radius 1 is 0.833 bits per heavy atom.